The lowest BCUT2D eigenvalue weighted by atomic mass is 10.2. The highest BCUT2D eigenvalue weighted by atomic mass is 127. The lowest BCUT2D eigenvalue weighted by Gasteiger charge is -2.19. The van der Waals surface area contributed by atoms with Gasteiger partial charge in [-0.25, -0.2) is 0 Å². The van der Waals surface area contributed by atoms with Gasteiger partial charge in [0.1, 0.15) is 12.4 Å². The van der Waals surface area contributed by atoms with Crippen LogP contribution in [0.1, 0.15) is 12.0 Å². The minimum Gasteiger partial charge on any atom is -0.492 e. The van der Waals surface area contributed by atoms with Crippen LogP contribution in [-0.4, -0.2) is 62.9 Å². The zero-order valence-corrected chi connectivity index (χ0v) is 17.9. The second-order valence-electron chi connectivity index (χ2n) is 6.35. The molecule has 1 unspecified atom stereocenters. The second-order valence-corrected chi connectivity index (χ2v) is 6.35. The van der Waals surface area contributed by atoms with Crippen molar-refractivity contribution >= 4 is 29.9 Å². The topological polar surface area (TPSA) is 48.9 Å². The zero-order valence-electron chi connectivity index (χ0n) is 15.6. The smallest absolute Gasteiger partial charge is 0.416 e. The van der Waals surface area contributed by atoms with Crippen molar-refractivity contribution in [1.29, 1.82) is 0 Å². The van der Waals surface area contributed by atoms with Crippen LogP contribution in [-0.2, 0) is 6.18 Å². The van der Waals surface area contributed by atoms with Crippen molar-refractivity contribution in [3.63, 3.8) is 0 Å². The monoisotopic (exact) mass is 540 g/mol. The van der Waals surface area contributed by atoms with Crippen LogP contribution in [0, 0.1) is 0 Å². The summed E-state index contributed by atoms with van der Waals surface area (Å²) in [5.74, 6) is 0.728. The number of ether oxygens (including phenoxy) is 1. The van der Waals surface area contributed by atoms with Crippen molar-refractivity contribution in [2.24, 2.45) is 4.99 Å². The van der Waals surface area contributed by atoms with Crippen LogP contribution >= 0.6 is 24.0 Å². The summed E-state index contributed by atoms with van der Waals surface area (Å²) in [6.45, 7) is 0.183. The first-order valence-corrected chi connectivity index (χ1v) is 8.63. The molecule has 0 spiro atoms. The SMILES string of the molecule is CN=C(NCCOc1ccc(C(F)(F)F)cc1)NC1CCN(CC(F)(F)F)C1.I. The molecule has 1 aromatic carbocycles. The van der Waals surface area contributed by atoms with Crippen molar-refractivity contribution in [2.45, 2.75) is 24.8 Å². The quantitative estimate of drug-likeness (QED) is 0.191. The lowest BCUT2D eigenvalue weighted by Crippen LogP contribution is -2.46. The normalized spacial score (nSPS) is 18.3. The third kappa shape index (κ3) is 9.28. The minimum atomic E-state index is -4.39. The molecule has 166 valence electrons. The van der Waals surface area contributed by atoms with E-state index in [1.54, 1.807) is 0 Å². The fourth-order valence-electron chi connectivity index (χ4n) is 2.81. The Morgan fingerprint density at radius 3 is 2.38 bits per heavy atom. The summed E-state index contributed by atoms with van der Waals surface area (Å²) in [7, 11) is 1.54. The summed E-state index contributed by atoms with van der Waals surface area (Å²) in [6, 6.07) is 4.21. The molecule has 1 aromatic rings. The summed E-state index contributed by atoms with van der Waals surface area (Å²) in [5.41, 5.74) is -0.751. The van der Waals surface area contributed by atoms with E-state index in [-0.39, 0.29) is 43.2 Å². The molecule has 1 fully saturated rings. The fourth-order valence-corrected chi connectivity index (χ4v) is 2.81. The predicted molar refractivity (Wildman–Crippen MR) is 108 cm³/mol. The summed E-state index contributed by atoms with van der Waals surface area (Å²) in [4.78, 5) is 5.34. The van der Waals surface area contributed by atoms with Crippen LogP contribution < -0.4 is 15.4 Å². The number of alkyl halides is 6. The van der Waals surface area contributed by atoms with Gasteiger partial charge in [0, 0.05) is 26.2 Å². The Bertz CT molecular complexity index is 651. The number of likely N-dealkylation sites (tertiary alicyclic amines) is 1. The Hall–Kier alpha value is -1.44. The van der Waals surface area contributed by atoms with Crippen molar-refractivity contribution in [3.05, 3.63) is 29.8 Å². The Balaban J connectivity index is 0.00000420. The number of guanidine groups is 1. The van der Waals surface area contributed by atoms with Gasteiger partial charge in [-0.1, -0.05) is 0 Å². The average Bonchev–Trinajstić information content (AvgIpc) is 3.02. The molecular weight excluding hydrogens is 517 g/mol. The summed E-state index contributed by atoms with van der Waals surface area (Å²) >= 11 is 0. The van der Waals surface area contributed by atoms with E-state index in [9.17, 15) is 26.3 Å². The van der Waals surface area contributed by atoms with Gasteiger partial charge in [-0.3, -0.25) is 9.89 Å². The number of benzene rings is 1. The number of aliphatic imine (C=N–C) groups is 1. The molecule has 2 rings (SSSR count). The molecule has 2 N–H and O–H groups in total. The molecule has 0 aliphatic carbocycles. The van der Waals surface area contributed by atoms with Gasteiger partial charge in [0.05, 0.1) is 18.7 Å². The van der Waals surface area contributed by atoms with Crippen LogP contribution in [0.3, 0.4) is 0 Å². The molecular formula is C17H23F6IN4O. The Labute approximate surface area is 181 Å². The van der Waals surface area contributed by atoms with E-state index in [1.165, 1.54) is 24.1 Å². The molecule has 1 aliphatic rings. The van der Waals surface area contributed by atoms with Gasteiger partial charge < -0.3 is 15.4 Å². The van der Waals surface area contributed by atoms with Gasteiger partial charge in [0.15, 0.2) is 5.96 Å². The number of hydrogen-bond donors (Lipinski definition) is 2. The van der Waals surface area contributed by atoms with E-state index >= 15 is 0 Å². The van der Waals surface area contributed by atoms with Gasteiger partial charge >= 0.3 is 12.4 Å². The maximum Gasteiger partial charge on any atom is 0.416 e. The van der Waals surface area contributed by atoms with Crippen molar-refractivity contribution in [1.82, 2.24) is 15.5 Å². The molecule has 5 nitrogen and oxygen atoms in total. The predicted octanol–water partition coefficient (Wildman–Crippen LogP) is 3.50. The van der Waals surface area contributed by atoms with E-state index in [2.05, 4.69) is 15.6 Å². The Morgan fingerprint density at radius 2 is 1.83 bits per heavy atom. The maximum absolute atomic E-state index is 12.5. The zero-order chi connectivity index (χ0) is 20.8. The molecule has 1 aliphatic heterocycles. The molecule has 0 saturated carbocycles. The van der Waals surface area contributed by atoms with Crippen molar-refractivity contribution < 1.29 is 31.1 Å². The Kier molecular flexibility index (Phi) is 9.79. The van der Waals surface area contributed by atoms with E-state index in [0.717, 1.165) is 12.1 Å². The van der Waals surface area contributed by atoms with Crippen LogP contribution in [0.15, 0.2) is 29.3 Å². The van der Waals surface area contributed by atoms with Crippen LogP contribution in [0.4, 0.5) is 26.3 Å². The van der Waals surface area contributed by atoms with Gasteiger partial charge in [-0.05, 0) is 30.7 Å². The van der Waals surface area contributed by atoms with Gasteiger partial charge in [0.25, 0.3) is 0 Å². The van der Waals surface area contributed by atoms with E-state index < -0.39 is 24.5 Å². The van der Waals surface area contributed by atoms with E-state index in [0.29, 0.717) is 31.2 Å². The van der Waals surface area contributed by atoms with E-state index in [4.69, 9.17) is 4.74 Å². The molecule has 0 radical (unpaired) electrons. The van der Waals surface area contributed by atoms with Crippen molar-refractivity contribution in [2.75, 3.05) is 39.8 Å². The van der Waals surface area contributed by atoms with Gasteiger partial charge in [0.2, 0.25) is 0 Å². The molecule has 29 heavy (non-hydrogen) atoms. The molecule has 0 aromatic heterocycles. The van der Waals surface area contributed by atoms with Gasteiger partial charge in [-0.2, -0.15) is 26.3 Å². The van der Waals surface area contributed by atoms with Crippen LogP contribution in [0.25, 0.3) is 0 Å². The first kappa shape index (κ1) is 25.6. The summed E-state index contributed by atoms with van der Waals surface area (Å²) in [6.07, 6.45) is -8.04. The first-order valence-electron chi connectivity index (χ1n) is 8.63. The standard InChI is InChI=1S/C17H22F6N4O.HI/c1-24-15(26-13-6-8-27(10-13)11-16(18,19)20)25-7-9-28-14-4-2-12(3-5-14)17(21,22)23;/h2-5,13H,6-11H2,1H3,(H2,24,25,26);1H. The second kappa shape index (κ2) is 11.1. The molecule has 1 atom stereocenters. The molecule has 1 heterocycles. The third-order valence-electron chi connectivity index (χ3n) is 4.08. The lowest BCUT2D eigenvalue weighted by molar-refractivity contribution is -0.143. The molecule has 0 bridgehead atoms. The minimum absolute atomic E-state index is 0. The number of rotatable bonds is 6. The summed E-state index contributed by atoms with van der Waals surface area (Å²) in [5, 5.41) is 6.01. The van der Waals surface area contributed by atoms with Crippen LogP contribution in [0.5, 0.6) is 5.75 Å². The van der Waals surface area contributed by atoms with Crippen molar-refractivity contribution in [3.8, 4) is 5.75 Å². The highest BCUT2D eigenvalue weighted by molar-refractivity contribution is 14.0. The highest BCUT2D eigenvalue weighted by Crippen LogP contribution is 2.30. The highest BCUT2D eigenvalue weighted by Gasteiger charge is 2.34. The Morgan fingerprint density at radius 1 is 1.17 bits per heavy atom. The third-order valence-corrected chi connectivity index (χ3v) is 4.08. The number of nitrogens with zero attached hydrogens (tertiary/aromatic N) is 2. The van der Waals surface area contributed by atoms with Gasteiger partial charge in [-0.15, -0.1) is 24.0 Å². The van der Waals surface area contributed by atoms with Crippen LogP contribution in [0.2, 0.25) is 0 Å². The number of halogens is 7. The first-order chi connectivity index (χ1) is 13.1. The molecule has 0 amide bonds. The molecule has 12 heteroatoms. The summed E-state index contributed by atoms with van der Waals surface area (Å²) < 4.78 is 80.1. The number of hydrogen-bond acceptors (Lipinski definition) is 3. The van der Waals surface area contributed by atoms with E-state index in [1.807, 2.05) is 0 Å². The maximum atomic E-state index is 12.5. The largest absolute Gasteiger partial charge is 0.492 e. The average molecular weight is 540 g/mol. The number of nitrogens with one attached hydrogen (secondary N) is 2. The molecule has 1 saturated heterocycles. The fraction of sp³-hybridized carbons (Fsp3) is 0.588.